The van der Waals surface area contributed by atoms with Gasteiger partial charge in [-0.3, -0.25) is 9.59 Å². The first-order valence-corrected chi connectivity index (χ1v) is 9.61. The first-order valence-electron chi connectivity index (χ1n) is 9.61. The Hall–Kier alpha value is -2.63. The van der Waals surface area contributed by atoms with Gasteiger partial charge in [-0.25, -0.2) is 4.98 Å². The van der Waals surface area contributed by atoms with Crippen LogP contribution in [0.2, 0.25) is 0 Å². The van der Waals surface area contributed by atoms with Gasteiger partial charge in [0.1, 0.15) is 0 Å². The Balaban J connectivity index is 1.48. The third-order valence-corrected chi connectivity index (χ3v) is 6.92. The third-order valence-electron chi connectivity index (χ3n) is 6.92. The maximum absolute atomic E-state index is 13.3. The number of nitrogens with one attached hydrogen (secondary N) is 1. The van der Waals surface area contributed by atoms with Gasteiger partial charge in [0, 0.05) is 0 Å². The standard InChI is InChI=1S/C21H23N3O3/c22-17(25)16-18(24-12-23-16)27-19(26)21-9-13-6-14(10-21)8-20(7-13,11-21)15-4-2-1-3-5-15/h1-5,12-14H,6-11H2,(H2,22,25)(H,23,24). The predicted molar refractivity (Wildman–Crippen MR) is 98.0 cm³/mol. The van der Waals surface area contributed by atoms with Crippen LogP contribution in [0.15, 0.2) is 36.7 Å². The molecule has 4 aliphatic carbocycles. The fourth-order valence-electron chi connectivity index (χ4n) is 6.36. The molecule has 6 nitrogen and oxygen atoms in total. The molecule has 6 heteroatoms. The van der Waals surface area contributed by atoms with Gasteiger partial charge in [0.25, 0.3) is 11.8 Å². The number of nitrogens with two attached hydrogens (primary N) is 1. The SMILES string of the molecule is NC(=O)c1[nH]cnc1OC(=O)C12CC3CC(C1)CC(c1ccccc1)(C3)C2. The molecule has 1 amide bonds. The number of primary amides is 1. The number of H-pyrrole nitrogens is 1. The average Bonchev–Trinajstić information content (AvgIpc) is 3.10. The Morgan fingerprint density at radius 3 is 2.48 bits per heavy atom. The molecule has 6 rings (SSSR count). The summed E-state index contributed by atoms with van der Waals surface area (Å²) in [7, 11) is 0. The molecule has 0 aliphatic heterocycles. The Bertz CT molecular complexity index is 890. The third kappa shape index (κ3) is 2.50. The van der Waals surface area contributed by atoms with Crippen molar-refractivity contribution in [1.29, 1.82) is 0 Å². The molecule has 140 valence electrons. The van der Waals surface area contributed by atoms with E-state index in [1.165, 1.54) is 18.3 Å². The fraction of sp³-hybridized carbons (Fsp3) is 0.476. The van der Waals surface area contributed by atoms with Crippen LogP contribution in [0.5, 0.6) is 5.88 Å². The Morgan fingerprint density at radius 1 is 1.11 bits per heavy atom. The molecule has 2 aromatic rings. The number of hydrogen-bond donors (Lipinski definition) is 2. The van der Waals surface area contributed by atoms with Crippen LogP contribution in [0.4, 0.5) is 0 Å². The van der Waals surface area contributed by atoms with Crippen LogP contribution in [-0.2, 0) is 10.2 Å². The lowest BCUT2D eigenvalue weighted by molar-refractivity contribution is -0.164. The number of aromatic nitrogens is 2. The van der Waals surface area contributed by atoms with Crippen molar-refractivity contribution in [2.75, 3.05) is 0 Å². The molecule has 4 saturated carbocycles. The van der Waals surface area contributed by atoms with Crippen LogP contribution in [-0.4, -0.2) is 21.8 Å². The summed E-state index contributed by atoms with van der Waals surface area (Å²) in [5.74, 6) is 0.160. The van der Waals surface area contributed by atoms with E-state index in [0.29, 0.717) is 11.8 Å². The molecule has 4 bridgehead atoms. The van der Waals surface area contributed by atoms with E-state index in [9.17, 15) is 9.59 Å². The highest BCUT2D eigenvalue weighted by Crippen LogP contribution is 2.66. The number of hydrogen-bond acceptors (Lipinski definition) is 4. The molecule has 0 radical (unpaired) electrons. The monoisotopic (exact) mass is 365 g/mol. The zero-order valence-corrected chi connectivity index (χ0v) is 15.1. The molecular weight excluding hydrogens is 342 g/mol. The van der Waals surface area contributed by atoms with E-state index in [1.807, 2.05) is 6.07 Å². The lowest BCUT2D eigenvalue weighted by Crippen LogP contribution is -2.57. The van der Waals surface area contributed by atoms with Gasteiger partial charge in [-0.15, -0.1) is 0 Å². The second-order valence-electron chi connectivity index (χ2n) is 8.72. The number of ether oxygens (including phenoxy) is 1. The second-order valence-corrected chi connectivity index (χ2v) is 8.72. The van der Waals surface area contributed by atoms with E-state index in [1.54, 1.807) is 0 Å². The molecule has 4 fully saturated rings. The molecule has 1 aromatic heterocycles. The highest BCUT2D eigenvalue weighted by Gasteiger charge is 2.61. The highest BCUT2D eigenvalue weighted by molar-refractivity contribution is 5.94. The lowest BCUT2D eigenvalue weighted by atomic mass is 9.43. The first-order chi connectivity index (χ1) is 13.0. The van der Waals surface area contributed by atoms with Crippen molar-refractivity contribution >= 4 is 11.9 Å². The molecular formula is C21H23N3O3. The van der Waals surface area contributed by atoms with Gasteiger partial charge in [0.2, 0.25) is 0 Å². The number of nitrogens with zero attached hydrogens (tertiary/aromatic N) is 1. The van der Waals surface area contributed by atoms with E-state index in [4.69, 9.17) is 10.5 Å². The second kappa shape index (κ2) is 5.68. The minimum atomic E-state index is -0.679. The number of rotatable bonds is 4. The van der Waals surface area contributed by atoms with Crippen LogP contribution < -0.4 is 10.5 Å². The molecule has 0 spiro atoms. The average molecular weight is 365 g/mol. The van der Waals surface area contributed by atoms with Crippen molar-refractivity contribution in [3.05, 3.63) is 47.9 Å². The summed E-state index contributed by atoms with van der Waals surface area (Å²) in [4.78, 5) is 31.4. The van der Waals surface area contributed by atoms with Crippen LogP contribution in [0.3, 0.4) is 0 Å². The lowest BCUT2D eigenvalue weighted by Gasteiger charge is -2.61. The number of aromatic amines is 1. The Kier molecular flexibility index (Phi) is 3.48. The van der Waals surface area contributed by atoms with Gasteiger partial charge in [-0.1, -0.05) is 30.3 Å². The van der Waals surface area contributed by atoms with E-state index < -0.39 is 11.3 Å². The highest BCUT2D eigenvalue weighted by atomic mass is 16.5. The zero-order chi connectivity index (χ0) is 18.6. The smallest absolute Gasteiger partial charge is 0.318 e. The summed E-state index contributed by atoms with van der Waals surface area (Å²) in [6, 6.07) is 10.6. The summed E-state index contributed by atoms with van der Waals surface area (Å²) in [5.41, 5.74) is 6.29. The molecule has 2 atom stereocenters. The van der Waals surface area contributed by atoms with Gasteiger partial charge in [0.15, 0.2) is 5.69 Å². The molecule has 2 unspecified atom stereocenters. The van der Waals surface area contributed by atoms with E-state index in [-0.39, 0.29) is 23.0 Å². The number of benzene rings is 1. The van der Waals surface area contributed by atoms with E-state index in [2.05, 4.69) is 34.2 Å². The maximum atomic E-state index is 13.3. The minimum Gasteiger partial charge on any atom is -0.404 e. The van der Waals surface area contributed by atoms with E-state index >= 15 is 0 Å². The first kappa shape index (κ1) is 16.5. The van der Waals surface area contributed by atoms with Crippen molar-refractivity contribution in [2.24, 2.45) is 23.0 Å². The van der Waals surface area contributed by atoms with Crippen LogP contribution in [0.1, 0.15) is 54.6 Å². The summed E-state index contributed by atoms with van der Waals surface area (Å²) in [5, 5.41) is 0. The van der Waals surface area contributed by atoms with Crippen LogP contribution >= 0.6 is 0 Å². The predicted octanol–water partition coefficient (Wildman–Crippen LogP) is 2.95. The zero-order valence-electron chi connectivity index (χ0n) is 15.1. The number of carbonyl (C=O) groups is 2. The fourth-order valence-corrected chi connectivity index (χ4v) is 6.36. The Morgan fingerprint density at radius 2 is 1.81 bits per heavy atom. The van der Waals surface area contributed by atoms with Crippen molar-refractivity contribution in [1.82, 2.24) is 9.97 Å². The molecule has 27 heavy (non-hydrogen) atoms. The summed E-state index contributed by atoms with van der Waals surface area (Å²) in [6.07, 6.45) is 7.38. The largest absolute Gasteiger partial charge is 0.404 e. The quantitative estimate of drug-likeness (QED) is 0.814. The normalized spacial score (nSPS) is 33.8. The summed E-state index contributed by atoms with van der Waals surface area (Å²) < 4.78 is 5.63. The summed E-state index contributed by atoms with van der Waals surface area (Å²) >= 11 is 0. The summed E-state index contributed by atoms with van der Waals surface area (Å²) in [6.45, 7) is 0. The van der Waals surface area contributed by atoms with Crippen molar-refractivity contribution in [3.8, 4) is 5.88 Å². The number of amides is 1. The van der Waals surface area contributed by atoms with Crippen molar-refractivity contribution in [2.45, 2.75) is 43.9 Å². The van der Waals surface area contributed by atoms with Crippen molar-refractivity contribution in [3.63, 3.8) is 0 Å². The van der Waals surface area contributed by atoms with Gasteiger partial charge < -0.3 is 15.5 Å². The molecule has 0 saturated heterocycles. The number of imidazole rings is 1. The number of esters is 1. The van der Waals surface area contributed by atoms with Crippen molar-refractivity contribution < 1.29 is 14.3 Å². The number of carbonyl (C=O) groups excluding carboxylic acids is 2. The van der Waals surface area contributed by atoms with Gasteiger partial charge in [-0.2, -0.15) is 0 Å². The van der Waals surface area contributed by atoms with E-state index in [0.717, 1.165) is 32.1 Å². The minimum absolute atomic E-state index is 0.00277. The Labute approximate surface area is 157 Å². The molecule has 1 heterocycles. The maximum Gasteiger partial charge on any atom is 0.318 e. The van der Waals surface area contributed by atoms with Gasteiger partial charge >= 0.3 is 5.97 Å². The molecule has 3 N–H and O–H groups in total. The topological polar surface area (TPSA) is 98.1 Å². The van der Waals surface area contributed by atoms with Crippen LogP contribution in [0, 0.1) is 17.3 Å². The van der Waals surface area contributed by atoms with Crippen LogP contribution in [0.25, 0.3) is 0 Å². The van der Waals surface area contributed by atoms with Gasteiger partial charge in [-0.05, 0) is 61.3 Å². The molecule has 4 aliphatic rings. The molecule has 1 aromatic carbocycles. The van der Waals surface area contributed by atoms with Gasteiger partial charge in [0.05, 0.1) is 11.7 Å².